The molecule has 0 saturated heterocycles. The average Bonchev–Trinajstić information content (AvgIpc) is 2.46. The van der Waals surface area contributed by atoms with E-state index < -0.39 is 0 Å². The van der Waals surface area contributed by atoms with Crippen LogP contribution in [0.3, 0.4) is 0 Å². The predicted octanol–water partition coefficient (Wildman–Crippen LogP) is 2.59. The number of benzene rings is 1. The summed E-state index contributed by atoms with van der Waals surface area (Å²) in [5.74, 6) is -0.210. The number of halogens is 1. The Kier molecular flexibility index (Phi) is 2.27. The minimum absolute atomic E-state index is 0.210. The van der Waals surface area contributed by atoms with Crippen molar-refractivity contribution in [2.24, 2.45) is 5.73 Å². The molecular weight excluding hydrogens is 191 g/mol. The first-order valence-corrected chi connectivity index (χ1v) is 5.00. The molecule has 3 heteroatoms. The van der Waals surface area contributed by atoms with Crippen molar-refractivity contribution in [1.29, 1.82) is 0 Å². The van der Waals surface area contributed by atoms with Crippen molar-refractivity contribution >= 4 is 10.9 Å². The SMILES string of the molecule is CC(C)(N)Cc1c[nH]c2ccc(F)cc12. The van der Waals surface area contributed by atoms with E-state index in [1.807, 2.05) is 20.0 Å². The Morgan fingerprint density at radius 3 is 2.80 bits per heavy atom. The molecule has 1 aromatic carbocycles. The second-order valence-electron chi connectivity index (χ2n) is 4.67. The lowest BCUT2D eigenvalue weighted by atomic mass is 9.96. The highest BCUT2D eigenvalue weighted by Gasteiger charge is 2.14. The maximum atomic E-state index is 13.1. The quantitative estimate of drug-likeness (QED) is 0.779. The molecule has 0 spiro atoms. The Bertz CT molecular complexity index is 480. The third-order valence-corrected chi connectivity index (χ3v) is 2.38. The van der Waals surface area contributed by atoms with E-state index in [0.29, 0.717) is 0 Å². The van der Waals surface area contributed by atoms with Gasteiger partial charge in [-0.05, 0) is 44.0 Å². The summed E-state index contributed by atoms with van der Waals surface area (Å²) in [6.45, 7) is 3.93. The normalized spacial score (nSPS) is 12.3. The summed E-state index contributed by atoms with van der Waals surface area (Å²) in [7, 11) is 0. The summed E-state index contributed by atoms with van der Waals surface area (Å²) >= 11 is 0. The van der Waals surface area contributed by atoms with Crippen LogP contribution in [0.4, 0.5) is 4.39 Å². The standard InChI is InChI=1S/C12H15FN2/c1-12(2,14)6-8-7-15-11-4-3-9(13)5-10(8)11/h3-5,7,15H,6,14H2,1-2H3. The molecule has 2 aromatic rings. The molecule has 1 aromatic heterocycles. The molecule has 0 saturated carbocycles. The molecule has 0 aliphatic carbocycles. The maximum absolute atomic E-state index is 13.1. The van der Waals surface area contributed by atoms with E-state index in [9.17, 15) is 4.39 Å². The first kappa shape index (κ1) is 10.2. The summed E-state index contributed by atoms with van der Waals surface area (Å²) in [6, 6.07) is 4.75. The Morgan fingerprint density at radius 1 is 1.40 bits per heavy atom. The highest BCUT2D eigenvalue weighted by molar-refractivity contribution is 5.83. The van der Waals surface area contributed by atoms with Crippen LogP contribution >= 0.6 is 0 Å². The molecule has 80 valence electrons. The number of aromatic amines is 1. The highest BCUT2D eigenvalue weighted by atomic mass is 19.1. The van der Waals surface area contributed by atoms with Crippen LogP contribution in [0.25, 0.3) is 10.9 Å². The number of H-pyrrole nitrogens is 1. The van der Waals surface area contributed by atoms with E-state index in [2.05, 4.69) is 4.98 Å². The number of hydrogen-bond donors (Lipinski definition) is 2. The molecule has 0 aliphatic heterocycles. The minimum Gasteiger partial charge on any atom is -0.361 e. The summed E-state index contributed by atoms with van der Waals surface area (Å²) in [5, 5.41) is 0.925. The van der Waals surface area contributed by atoms with Gasteiger partial charge in [-0.2, -0.15) is 0 Å². The van der Waals surface area contributed by atoms with Gasteiger partial charge in [0.05, 0.1) is 0 Å². The monoisotopic (exact) mass is 206 g/mol. The van der Waals surface area contributed by atoms with Crippen LogP contribution in [0.5, 0.6) is 0 Å². The second-order valence-corrected chi connectivity index (χ2v) is 4.67. The van der Waals surface area contributed by atoms with Gasteiger partial charge in [0.1, 0.15) is 5.82 Å². The van der Waals surface area contributed by atoms with Gasteiger partial charge in [0.2, 0.25) is 0 Å². The van der Waals surface area contributed by atoms with Crippen molar-refractivity contribution in [3.8, 4) is 0 Å². The predicted molar refractivity (Wildman–Crippen MR) is 60.2 cm³/mol. The van der Waals surface area contributed by atoms with Crippen LogP contribution in [0, 0.1) is 5.82 Å². The van der Waals surface area contributed by atoms with Crippen molar-refractivity contribution in [3.63, 3.8) is 0 Å². The van der Waals surface area contributed by atoms with Crippen LogP contribution in [-0.2, 0) is 6.42 Å². The van der Waals surface area contributed by atoms with E-state index in [1.165, 1.54) is 6.07 Å². The lowest BCUT2D eigenvalue weighted by molar-refractivity contribution is 0.518. The number of rotatable bonds is 2. The fourth-order valence-corrected chi connectivity index (χ4v) is 1.79. The average molecular weight is 206 g/mol. The highest BCUT2D eigenvalue weighted by Crippen LogP contribution is 2.22. The largest absolute Gasteiger partial charge is 0.361 e. The molecule has 2 rings (SSSR count). The van der Waals surface area contributed by atoms with Gasteiger partial charge < -0.3 is 10.7 Å². The lowest BCUT2D eigenvalue weighted by Gasteiger charge is -2.17. The number of fused-ring (bicyclic) bond motifs is 1. The summed E-state index contributed by atoms with van der Waals surface area (Å²) in [6.07, 6.45) is 2.63. The van der Waals surface area contributed by atoms with E-state index in [1.54, 1.807) is 12.1 Å². The van der Waals surface area contributed by atoms with Gasteiger partial charge in [-0.3, -0.25) is 0 Å². The van der Waals surface area contributed by atoms with Crippen LogP contribution < -0.4 is 5.73 Å². The van der Waals surface area contributed by atoms with E-state index in [-0.39, 0.29) is 11.4 Å². The third kappa shape index (κ3) is 2.18. The second kappa shape index (κ2) is 3.35. The molecule has 0 unspecified atom stereocenters. The summed E-state index contributed by atoms with van der Waals surface area (Å²) < 4.78 is 13.1. The van der Waals surface area contributed by atoms with E-state index in [0.717, 1.165) is 22.9 Å². The number of aromatic nitrogens is 1. The Balaban J connectivity index is 2.48. The topological polar surface area (TPSA) is 41.8 Å². The fourth-order valence-electron chi connectivity index (χ4n) is 1.79. The number of nitrogens with one attached hydrogen (secondary N) is 1. The lowest BCUT2D eigenvalue weighted by Crippen LogP contribution is -2.34. The van der Waals surface area contributed by atoms with Gasteiger partial charge >= 0.3 is 0 Å². The molecule has 0 atom stereocenters. The Labute approximate surface area is 88.3 Å². The zero-order valence-electron chi connectivity index (χ0n) is 8.97. The van der Waals surface area contributed by atoms with Gasteiger partial charge in [-0.1, -0.05) is 0 Å². The van der Waals surface area contributed by atoms with E-state index in [4.69, 9.17) is 5.73 Å². The van der Waals surface area contributed by atoms with Crippen LogP contribution in [0.2, 0.25) is 0 Å². The molecule has 0 bridgehead atoms. The van der Waals surface area contributed by atoms with Crippen molar-refractivity contribution in [2.45, 2.75) is 25.8 Å². The molecule has 0 amide bonds. The van der Waals surface area contributed by atoms with Crippen molar-refractivity contribution < 1.29 is 4.39 Å². The number of hydrogen-bond acceptors (Lipinski definition) is 1. The molecule has 0 radical (unpaired) electrons. The zero-order chi connectivity index (χ0) is 11.1. The number of nitrogens with two attached hydrogens (primary N) is 1. The van der Waals surface area contributed by atoms with Gasteiger partial charge in [0.25, 0.3) is 0 Å². The smallest absolute Gasteiger partial charge is 0.123 e. The third-order valence-electron chi connectivity index (χ3n) is 2.38. The Morgan fingerprint density at radius 2 is 2.13 bits per heavy atom. The first-order chi connectivity index (χ1) is 6.96. The molecule has 3 N–H and O–H groups in total. The molecular formula is C12H15FN2. The van der Waals surface area contributed by atoms with E-state index >= 15 is 0 Å². The first-order valence-electron chi connectivity index (χ1n) is 5.00. The van der Waals surface area contributed by atoms with Crippen LogP contribution in [0.15, 0.2) is 24.4 Å². The van der Waals surface area contributed by atoms with Gasteiger partial charge in [0.15, 0.2) is 0 Å². The van der Waals surface area contributed by atoms with Gasteiger partial charge in [0, 0.05) is 22.6 Å². The van der Waals surface area contributed by atoms with Gasteiger partial charge in [-0.15, -0.1) is 0 Å². The fraction of sp³-hybridized carbons (Fsp3) is 0.333. The molecule has 0 fully saturated rings. The molecule has 1 heterocycles. The van der Waals surface area contributed by atoms with Crippen LogP contribution in [0.1, 0.15) is 19.4 Å². The maximum Gasteiger partial charge on any atom is 0.123 e. The summed E-state index contributed by atoms with van der Waals surface area (Å²) in [5.41, 5.74) is 7.69. The minimum atomic E-state index is -0.276. The molecule has 2 nitrogen and oxygen atoms in total. The van der Waals surface area contributed by atoms with Gasteiger partial charge in [-0.25, -0.2) is 4.39 Å². The van der Waals surface area contributed by atoms with Crippen molar-refractivity contribution in [1.82, 2.24) is 4.98 Å². The molecule has 15 heavy (non-hydrogen) atoms. The van der Waals surface area contributed by atoms with Crippen molar-refractivity contribution in [2.75, 3.05) is 0 Å². The zero-order valence-corrected chi connectivity index (χ0v) is 8.97. The summed E-state index contributed by atoms with van der Waals surface area (Å²) in [4.78, 5) is 3.12. The Hall–Kier alpha value is -1.35. The van der Waals surface area contributed by atoms with Crippen molar-refractivity contribution in [3.05, 3.63) is 35.8 Å². The van der Waals surface area contributed by atoms with Crippen LogP contribution in [-0.4, -0.2) is 10.5 Å². The molecule has 0 aliphatic rings.